The molecule has 3 amide bonds. The van der Waals surface area contributed by atoms with Crippen LogP contribution in [0.5, 0.6) is 5.75 Å². The van der Waals surface area contributed by atoms with Crippen molar-refractivity contribution in [1.82, 2.24) is 15.2 Å². The number of amides is 3. The summed E-state index contributed by atoms with van der Waals surface area (Å²) in [7, 11) is 0. The van der Waals surface area contributed by atoms with Crippen LogP contribution in [0, 0.1) is 0 Å². The molecule has 2 fully saturated rings. The summed E-state index contributed by atoms with van der Waals surface area (Å²) in [4.78, 5) is 50.6. The number of para-hydroxylation sites is 1. The van der Waals surface area contributed by atoms with Crippen molar-refractivity contribution in [2.24, 2.45) is 0 Å². The number of rotatable bonds is 8. The Morgan fingerprint density at radius 2 is 1.58 bits per heavy atom. The predicted octanol–water partition coefficient (Wildman–Crippen LogP) is 7.36. The van der Waals surface area contributed by atoms with E-state index in [1.165, 1.54) is 4.90 Å². The molecule has 1 aromatic heterocycles. The number of carbonyl (C=O) groups excluding carboxylic acids is 3. The van der Waals surface area contributed by atoms with E-state index in [-0.39, 0.29) is 30.3 Å². The van der Waals surface area contributed by atoms with E-state index in [1.54, 1.807) is 44.1 Å². The molecule has 1 aliphatic carbocycles. The first-order valence-electron chi connectivity index (χ1n) is 17.2. The van der Waals surface area contributed by atoms with Crippen molar-refractivity contribution in [3.63, 3.8) is 0 Å². The van der Waals surface area contributed by atoms with Crippen molar-refractivity contribution >= 4 is 23.6 Å². The van der Waals surface area contributed by atoms with Gasteiger partial charge in [0, 0.05) is 36.1 Å². The van der Waals surface area contributed by atoms with Crippen LogP contribution >= 0.6 is 0 Å². The van der Waals surface area contributed by atoms with Crippen molar-refractivity contribution in [3.05, 3.63) is 90.3 Å². The molecule has 2 heterocycles. The van der Waals surface area contributed by atoms with E-state index in [0.717, 1.165) is 37.7 Å². The summed E-state index contributed by atoms with van der Waals surface area (Å²) in [6.45, 7) is 11.9. The van der Waals surface area contributed by atoms with Crippen LogP contribution in [0.25, 0.3) is 0 Å². The van der Waals surface area contributed by atoms with Gasteiger partial charge >= 0.3 is 6.09 Å². The summed E-state index contributed by atoms with van der Waals surface area (Å²) < 4.78 is 12.1. The highest BCUT2D eigenvalue weighted by Gasteiger charge is 2.47. The average molecular weight is 655 g/mol. The molecule has 0 spiro atoms. The summed E-state index contributed by atoms with van der Waals surface area (Å²) in [5, 5.41) is 3.26. The number of ether oxygens (including phenoxy) is 2. The Hall–Kier alpha value is -4.40. The van der Waals surface area contributed by atoms with E-state index >= 15 is 4.79 Å². The fourth-order valence-corrected chi connectivity index (χ4v) is 6.50. The standard InChI is InChI=1S/C39H50N4O5/c1-38(2,3)28-19-21-30(22-20-28)43(34(27-14-13-23-40-25-27)35(44)41-29-15-9-7-10-16-29)36(45)33-24-32(47-31-17-11-8-12-18-31)26-42(33)37(46)48-39(4,5)6/h8,11-14,17-23,25,29,32-34H,7,9-10,15-16,24,26H2,1-6H3,(H,41,44)/t32-,33-,34?/m1/s1. The van der Waals surface area contributed by atoms with E-state index in [4.69, 9.17) is 9.47 Å². The van der Waals surface area contributed by atoms with Gasteiger partial charge in [-0.3, -0.25) is 24.4 Å². The minimum Gasteiger partial charge on any atom is -0.488 e. The number of aromatic nitrogens is 1. The molecule has 9 nitrogen and oxygen atoms in total. The number of hydrogen-bond acceptors (Lipinski definition) is 6. The largest absolute Gasteiger partial charge is 0.488 e. The monoisotopic (exact) mass is 654 g/mol. The molecule has 0 bridgehead atoms. The number of nitrogens with zero attached hydrogens (tertiary/aromatic N) is 3. The summed E-state index contributed by atoms with van der Waals surface area (Å²) >= 11 is 0. The summed E-state index contributed by atoms with van der Waals surface area (Å²) in [5.41, 5.74) is 1.34. The second-order valence-corrected chi connectivity index (χ2v) is 15.0. The highest BCUT2D eigenvalue weighted by atomic mass is 16.6. The highest BCUT2D eigenvalue weighted by molar-refractivity contribution is 6.05. The Morgan fingerprint density at radius 3 is 2.19 bits per heavy atom. The molecular formula is C39H50N4O5. The number of hydrogen-bond donors (Lipinski definition) is 1. The summed E-state index contributed by atoms with van der Waals surface area (Å²) in [5.74, 6) is -0.0207. The fraction of sp³-hybridized carbons (Fsp3) is 0.487. The van der Waals surface area contributed by atoms with Gasteiger partial charge in [-0.2, -0.15) is 0 Å². The van der Waals surface area contributed by atoms with E-state index < -0.39 is 35.8 Å². The second-order valence-electron chi connectivity index (χ2n) is 15.0. The Morgan fingerprint density at radius 1 is 0.896 bits per heavy atom. The molecule has 1 saturated heterocycles. The predicted molar refractivity (Wildman–Crippen MR) is 187 cm³/mol. The third-order valence-corrected chi connectivity index (χ3v) is 8.93. The number of benzene rings is 2. The van der Waals surface area contributed by atoms with Crippen molar-refractivity contribution in [3.8, 4) is 5.75 Å². The first-order valence-corrected chi connectivity index (χ1v) is 17.2. The maximum atomic E-state index is 15.1. The fourth-order valence-electron chi connectivity index (χ4n) is 6.50. The second kappa shape index (κ2) is 14.8. The van der Waals surface area contributed by atoms with E-state index in [2.05, 4.69) is 31.1 Å². The number of carbonyl (C=O) groups is 3. The third-order valence-electron chi connectivity index (χ3n) is 8.93. The molecule has 5 rings (SSSR count). The van der Waals surface area contributed by atoms with Crippen molar-refractivity contribution in [1.29, 1.82) is 0 Å². The Bertz CT molecular complexity index is 1530. The minimum atomic E-state index is -1.02. The van der Waals surface area contributed by atoms with Gasteiger partial charge < -0.3 is 14.8 Å². The molecule has 1 aliphatic heterocycles. The molecule has 2 aliphatic rings. The maximum absolute atomic E-state index is 15.1. The topological polar surface area (TPSA) is 101 Å². The van der Waals surface area contributed by atoms with Crippen LogP contribution in [0.4, 0.5) is 10.5 Å². The zero-order valence-corrected chi connectivity index (χ0v) is 29.1. The first kappa shape index (κ1) is 34.9. The highest BCUT2D eigenvalue weighted by Crippen LogP contribution is 2.35. The van der Waals surface area contributed by atoms with Crippen LogP contribution in [-0.4, -0.2) is 58.1 Å². The SMILES string of the molecule is CC(C)(C)OC(=O)N1C[C@H](Oc2ccccc2)C[C@@H]1C(=O)N(c1ccc(C(C)(C)C)cc1)C(C(=O)NC1CCCCC1)c1cccnc1. The van der Waals surface area contributed by atoms with Gasteiger partial charge in [0.25, 0.3) is 5.91 Å². The number of likely N-dealkylation sites (tertiary alicyclic amines) is 1. The molecule has 9 heteroatoms. The van der Waals surface area contributed by atoms with Gasteiger partial charge in [-0.15, -0.1) is 0 Å². The molecule has 1 unspecified atom stereocenters. The molecule has 1 saturated carbocycles. The zero-order chi connectivity index (χ0) is 34.5. The smallest absolute Gasteiger partial charge is 0.411 e. The van der Waals surface area contributed by atoms with Crippen LogP contribution in [0.2, 0.25) is 0 Å². The van der Waals surface area contributed by atoms with Crippen molar-refractivity contribution < 1.29 is 23.9 Å². The average Bonchev–Trinajstić information content (AvgIpc) is 3.47. The first-order chi connectivity index (χ1) is 22.8. The Balaban J connectivity index is 1.58. The van der Waals surface area contributed by atoms with Gasteiger partial charge in [-0.25, -0.2) is 4.79 Å². The van der Waals surface area contributed by atoms with Gasteiger partial charge in [-0.05, 0) is 74.9 Å². The van der Waals surface area contributed by atoms with Crippen molar-refractivity contribution in [2.45, 2.75) is 115 Å². The number of anilines is 1. The number of nitrogens with one attached hydrogen (secondary N) is 1. The Kier molecular flexibility index (Phi) is 10.8. The molecule has 1 N–H and O–H groups in total. The molecule has 3 aromatic rings. The van der Waals surface area contributed by atoms with Crippen LogP contribution in [0.3, 0.4) is 0 Å². The summed E-state index contributed by atoms with van der Waals surface area (Å²) in [6, 6.07) is 18.8. The van der Waals surface area contributed by atoms with Gasteiger partial charge in [0.1, 0.15) is 29.5 Å². The lowest BCUT2D eigenvalue weighted by Crippen LogP contribution is -2.53. The molecule has 0 radical (unpaired) electrons. The lowest BCUT2D eigenvalue weighted by atomic mass is 9.87. The van der Waals surface area contributed by atoms with E-state index in [1.807, 2.05) is 60.7 Å². The van der Waals surface area contributed by atoms with Gasteiger partial charge in [-0.1, -0.05) is 76.4 Å². The van der Waals surface area contributed by atoms with Crippen LogP contribution < -0.4 is 15.0 Å². The minimum absolute atomic E-state index is 0.0269. The van der Waals surface area contributed by atoms with Crippen LogP contribution in [0.1, 0.15) is 97.2 Å². The molecular weight excluding hydrogens is 604 g/mol. The van der Waals surface area contributed by atoms with E-state index in [9.17, 15) is 9.59 Å². The van der Waals surface area contributed by atoms with Crippen LogP contribution in [-0.2, 0) is 19.7 Å². The summed E-state index contributed by atoms with van der Waals surface area (Å²) in [6.07, 6.45) is 7.49. The van der Waals surface area contributed by atoms with Crippen LogP contribution in [0.15, 0.2) is 79.1 Å². The third kappa shape index (κ3) is 8.74. The van der Waals surface area contributed by atoms with Gasteiger partial charge in [0.05, 0.1) is 6.54 Å². The quantitative estimate of drug-likeness (QED) is 0.273. The molecule has 3 atom stereocenters. The number of pyridine rings is 1. The normalized spacial score (nSPS) is 19.3. The molecule has 256 valence electrons. The van der Waals surface area contributed by atoms with Gasteiger partial charge in [0.2, 0.25) is 5.91 Å². The molecule has 2 aromatic carbocycles. The van der Waals surface area contributed by atoms with Crippen molar-refractivity contribution in [2.75, 3.05) is 11.4 Å². The van der Waals surface area contributed by atoms with E-state index in [0.29, 0.717) is 17.0 Å². The lowest BCUT2D eigenvalue weighted by molar-refractivity contribution is -0.129. The lowest BCUT2D eigenvalue weighted by Gasteiger charge is -2.36. The zero-order valence-electron chi connectivity index (χ0n) is 29.1. The van der Waals surface area contributed by atoms with Gasteiger partial charge in [0.15, 0.2) is 0 Å². The Labute approximate surface area is 285 Å². The maximum Gasteiger partial charge on any atom is 0.411 e. The molecule has 48 heavy (non-hydrogen) atoms.